The van der Waals surface area contributed by atoms with Gasteiger partial charge in [0.25, 0.3) is 11.4 Å². The Morgan fingerprint density at radius 3 is 1.96 bits per heavy atom. The van der Waals surface area contributed by atoms with Gasteiger partial charge in [0, 0.05) is 12.1 Å². The van der Waals surface area contributed by atoms with Crippen molar-refractivity contribution < 1.29 is 19.3 Å². The number of nitro benzene ring substituents is 2. The van der Waals surface area contributed by atoms with E-state index in [1.807, 2.05) is 0 Å². The zero-order chi connectivity index (χ0) is 19.7. The zero-order valence-electron chi connectivity index (χ0n) is 14.4. The first-order valence-corrected chi connectivity index (χ1v) is 7.34. The Morgan fingerprint density at radius 1 is 1.00 bits per heavy atom. The minimum Gasteiger partial charge on any atom is -0.496 e. The maximum atomic E-state index is 10.5. The molecule has 138 valence electrons. The van der Waals surface area contributed by atoms with Gasteiger partial charge in [-0.25, -0.2) is 0 Å². The largest absolute Gasteiger partial charge is 0.496 e. The molecule has 0 aliphatic rings. The van der Waals surface area contributed by atoms with Crippen LogP contribution < -0.4 is 15.2 Å². The van der Waals surface area contributed by atoms with E-state index in [1.165, 1.54) is 44.6 Å². The second-order valence-corrected chi connectivity index (χ2v) is 4.93. The Bertz CT molecular complexity index is 807. The third-order valence-electron chi connectivity index (χ3n) is 3.27. The van der Waals surface area contributed by atoms with Gasteiger partial charge in [-0.05, 0) is 24.1 Å². The van der Waals surface area contributed by atoms with Gasteiger partial charge in [-0.3, -0.25) is 20.2 Å². The summed E-state index contributed by atoms with van der Waals surface area (Å²) in [6, 6.07) is 8.61. The topological polar surface area (TPSA) is 131 Å². The summed E-state index contributed by atoms with van der Waals surface area (Å²) in [4.78, 5) is 19.8. The number of hydrogen-bond acceptors (Lipinski definition) is 7. The molecule has 0 aliphatic heterocycles. The summed E-state index contributed by atoms with van der Waals surface area (Å²) in [5.41, 5.74) is 6.75. The summed E-state index contributed by atoms with van der Waals surface area (Å²) < 4.78 is 9.84. The van der Waals surface area contributed by atoms with Crippen LogP contribution in [0.2, 0.25) is 0 Å². The van der Waals surface area contributed by atoms with Crippen LogP contribution in [-0.4, -0.2) is 24.1 Å². The van der Waals surface area contributed by atoms with E-state index in [1.54, 1.807) is 12.1 Å². The predicted octanol–water partition coefficient (Wildman–Crippen LogP) is 3.52. The normalized spacial score (nSPS) is 9.46. The van der Waals surface area contributed by atoms with Gasteiger partial charge in [-0.2, -0.15) is 0 Å². The van der Waals surface area contributed by atoms with Crippen LogP contribution >= 0.6 is 0 Å². The number of nitrogens with zero attached hydrogens (tertiary/aromatic N) is 2. The highest BCUT2D eigenvalue weighted by molar-refractivity contribution is 5.57. The lowest BCUT2D eigenvalue weighted by Crippen LogP contribution is -1.94. The van der Waals surface area contributed by atoms with Gasteiger partial charge in [-0.1, -0.05) is 6.08 Å². The highest BCUT2D eigenvalue weighted by Crippen LogP contribution is 2.26. The Morgan fingerprint density at radius 2 is 1.50 bits per heavy atom. The van der Waals surface area contributed by atoms with Gasteiger partial charge in [0.1, 0.15) is 11.5 Å². The number of methoxy groups -OCH3 is 2. The number of anilines is 1. The first kappa shape index (κ1) is 20.4. The van der Waals surface area contributed by atoms with Crippen molar-refractivity contribution in [2.75, 3.05) is 20.0 Å². The summed E-state index contributed by atoms with van der Waals surface area (Å²) in [6.45, 7) is 3.60. The first-order valence-electron chi connectivity index (χ1n) is 7.34. The molecule has 0 amide bonds. The van der Waals surface area contributed by atoms with Crippen molar-refractivity contribution in [3.8, 4) is 11.5 Å². The van der Waals surface area contributed by atoms with Crippen molar-refractivity contribution in [3.63, 3.8) is 0 Å². The maximum absolute atomic E-state index is 10.5. The number of nitrogens with two attached hydrogens (primary N) is 1. The van der Waals surface area contributed by atoms with Crippen molar-refractivity contribution >= 4 is 17.1 Å². The molecule has 0 aliphatic carbocycles. The molecular formula is C17H19N3O6. The van der Waals surface area contributed by atoms with Gasteiger partial charge in [0.15, 0.2) is 0 Å². The molecule has 2 aromatic carbocycles. The van der Waals surface area contributed by atoms with Crippen molar-refractivity contribution in [1.29, 1.82) is 0 Å². The molecule has 26 heavy (non-hydrogen) atoms. The van der Waals surface area contributed by atoms with Crippen molar-refractivity contribution in [1.82, 2.24) is 0 Å². The van der Waals surface area contributed by atoms with E-state index in [4.69, 9.17) is 15.2 Å². The van der Waals surface area contributed by atoms with Crippen LogP contribution in [-0.2, 0) is 6.42 Å². The molecule has 0 aromatic heterocycles. The highest BCUT2D eigenvalue weighted by Gasteiger charge is 2.10. The molecule has 9 nitrogen and oxygen atoms in total. The molecule has 2 aromatic rings. The number of allylic oxidation sites excluding steroid dienone is 1. The van der Waals surface area contributed by atoms with E-state index in [2.05, 4.69) is 6.58 Å². The quantitative estimate of drug-likeness (QED) is 0.360. The molecule has 0 heterocycles. The average Bonchev–Trinajstić information content (AvgIpc) is 2.62. The van der Waals surface area contributed by atoms with Crippen molar-refractivity contribution in [3.05, 3.63) is 74.8 Å². The van der Waals surface area contributed by atoms with Gasteiger partial charge >= 0.3 is 0 Å². The molecule has 0 radical (unpaired) electrons. The number of ether oxygens (including phenoxy) is 2. The predicted molar refractivity (Wildman–Crippen MR) is 97.6 cm³/mol. The van der Waals surface area contributed by atoms with E-state index >= 15 is 0 Å². The minimum absolute atomic E-state index is 0.0268. The lowest BCUT2D eigenvalue weighted by Gasteiger charge is -2.05. The molecule has 0 saturated carbocycles. The molecule has 0 fully saturated rings. The number of nitrogen functional groups attached to an aromatic ring is 1. The molecule has 9 heteroatoms. The summed E-state index contributed by atoms with van der Waals surface area (Å²) in [7, 11) is 2.90. The van der Waals surface area contributed by atoms with Gasteiger partial charge in [0.2, 0.25) is 0 Å². The molecule has 0 atom stereocenters. The number of nitro groups is 2. The Hall–Kier alpha value is -3.62. The molecular weight excluding hydrogens is 342 g/mol. The van der Waals surface area contributed by atoms with Crippen LogP contribution in [0.3, 0.4) is 0 Å². The highest BCUT2D eigenvalue weighted by atomic mass is 16.6. The average molecular weight is 361 g/mol. The van der Waals surface area contributed by atoms with Crippen LogP contribution in [0.25, 0.3) is 0 Å². The number of rotatable bonds is 6. The van der Waals surface area contributed by atoms with Gasteiger partial charge in [-0.15, -0.1) is 6.58 Å². The second-order valence-electron chi connectivity index (χ2n) is 4.93. The number of non-ortho nitro benzene ring substituents is 2. The van der Waals surface area contributed by atoms with E-state index in [0.29, 0.717) is 23.6 Å². The van der Waals surface area contributed by atoms with E-state index in [-0.39, 0.29) is 11.4 Å². The van der Waals surface area contributed by atoms with Gasteiger partial charge in [0.05, 0.1) is 41.9 Å². The second kappa shape index (κ2) is 9.62. The van der Waals surface area contributed by atoms with E-state index < -0.39 is 9.85 Å². The van der Waals surface area contributed by atoms with Crippen LogP contribution in [0.1, 0.15) is 5.56 Å². The fraction of sp³-hybridized carbons (Fsp3) is 0.176. The standard InChI is InChI=1S/C10H11NO3.C7H8N2O3/c1-3-4-8-5-6-9(11(12)13)7-10(8)14-2;1-12-7-4-5(9(10)11)2-3-6(7)8/h3,5-7H,1,4H2,2H3;2-4H,8H2,1H3. The lowest BCUT2D eigenvalue weighted by atomic mass is 10.1. The third kappa shape index (κ3) is 5.48. The number of benzene rings is 2. The van der Waals surface area contributed by atoms with Crippen molar-refractivity contribution in [2.45, 2.75) is 6.42 Å². The Labute approximate surface area is 150 Å². The minimum atomic E-state index is -0.498. The van der Waals surface area contributed by atoms with E-state index in [9.17, 15) is 20.2 Å². The Kier molecular flexibility index (Phi) is 7.56. The fourth-order valence-corrected chi connectivity index (χ4v) is 1.98. The van der Waals surface area contributed by atoms with Crippen LogP contribution in [0.4, 0.5) is 17.1 Å². The molecule has 0 spiro atoms. The molecule has 2 rings (SSSR count). The van der Waals surface area contributed by atoms with Gasteiger partial charge < -0.3 is 15.2 Å². The summed E-state index contributed by atoms with van der Waals surface area (Å²) >= 11 is 0. The summed E-state index contributed by atoms with van der Waals surface area (Å²) in [5, 5.41) is 20.8. The molecule has 0 bridgehead atoms. The lowest BCUT2D eigenvalue weighted by molar-refractivity contribution is -0.385. The third-order valence-corrected chi connectivity index (χ3v) is 3.27. The first-order chi connectivity index (χ1) is 12.3. The van der Waals surface area contributed by atoms with Crippen LogP contribution in [0, 0.1) is 20.2 Å². The molecule has 0 unspecified atom stereocenters. The maximum Gasteiger partial charge on any atom is 0.273 e. The van der Waals surface area contributed by atoms with E-state index in [0.717, 1.165) is 5.56 Å². The molecule has 0 saturated heterocycles. The van der Waals surface area contributed by atoms with Crippen molar-refractivity contribution in [2.24, 2.45) is 0 Å². The zero-order valence-corrected chi connectivity index (χ0v) is 14.4. The summed E-state index contributed by atoms with van der Waals surface area (Å²) in [6.07, 6.45) is 2.37. The molecule has 2 N–H and O–H groups in total. The van der Waals surface area contributed by atoms with Crippen LogP contribution in [0.15, 0.2) is 49.1 Å². The monoisotopic (exact) mass is 361 g/mol. The fourth-order valence-electron chi connectivity index (χ4n) is 1.98. The smallest absolute Gasteiger partial charge is 0.273 e. The SMILES string of the molecule is C=CCc1ccc([N+](=O)[O-])cc1OC.COc1cc([N+](=O)[O-])ccc1N. The van der Waals surface area contributed by atoms with Crippen LogP contribution in [0.5, 0.6) is 11.5 Å². The number of hydrogen-bond donors (Lipinski definition) is 1. The summed E-state index contributed by atoms with van der Waals surface area (Å²) in [5.74, 6) is 0.850. The Balaban J connectivity index is 0.000000263.